The van der Waals surface area contributed by atoms with Gasteiger partial charge in [-0.2, -0.15) is 0 Å². The fourth-order valence-corrected chi connectivity index (χ4v) is 2.98. The smallest absolute Gasteiger partial charge is 0.248 e. The molecule has 1 saturated heterocycles. The number of carbonyl (C=O) groups excluding carboxylic acids is 2. The minimum absolute atomic E-state index is 0.00491. The zero-order valence-electron chi connectivity index (χ0n) is 13.5. The van der Waals surface area contributed by atoms with E-state index in [1.807, 2.05) is 18.7 Å². The summed E-state index contributed by atoms with van der Waals surface area (Å²) in [6, 6.07) is 0.222. The van der Waals surface area contributed by atoms with Crippen LogP contribution in [0.3, 0.4) is 0 Å². The van der Waals surface area contributed by atoms with Crippen LogP contribution in [0.15, 0.2) is 0 Å². The van der Waals surface area contributed by atoms with Crippen LogP contribution in [-0.2, 0) is 9.59 Å². The average molecular weight is 282 g/mol. The standard InChI is InChI=1S/C16H30N2O2/c1-5-8-9-10-13(4)18-12-11-14(19)17-16(6-2,7-3)15(18)20/h13H,5-12H2,1-4H3,(H,17,19). The van der Waals surface area contributed by atoms with Gasteiger partial charge < -0.3 is 10.2 Å². The molecule has 0 bridgehead atoms. The third kappa shape index (κ3) is 3.74. The van der Waals surface area contributed by atoms with E-state index in [0.717, 1.165) is 12.8 Å². The summed E-state index contributed by atoms with van der Waals surface area (Å²) in [6.45, 7) is 8.81. The highest BCUT2D eigenvalue weighted by Crippen LogP contribution is 2.24. The molecule has 0 aromatic carbocycles. The minimum atomic E-state index is -0.688. The lowest BCUT2D eigenvalue weighted by Gasteiger charge is -2.36. The Bertz CT molecular complexity index is 337. The SMILES string of the molecule is CCCCCC(C)N1CCC(=O)NC(CC)(CC)C1=O. The van der Waals surface area contributed by atoms with Gasteiger partial charge >= 0.3 is 0 Å². The summed E-state index contributed by atoms with van der Waals surface area (Å²) in [5, 5.41) is 2.96. The summed E-state index contributed by atoms with van der Waals surface area (Å²) < 4.78 is 0. The largest absolute Gasteiger partial charge is 0.342 e. The number of nitrogens with zero attached hydrogens (tertiary/aromatic N) is 1. The van der Waals surface area contributed by atoms with Gasteiger partial charge in [-0.1, -0.05) is 40.0 Å². The van der Waals surface area contributed by atoms with E-state index >= 15 is 0 Å². The molecule has 0 aromatic heterocycles. The van der Waals surface area contributed by atoms with Gasteiger partial charge in [0.1, 0.15) is 5.54 Å². The van der Waals surface area contributed by atoms with Crippen LogP contribution in [0.2, 0.25) is 0 Å². The summed E-state index contributed by atoms with van der Waals surface area (Å²) in [5.74, 6) is 0.114. The van der Waals surface area contributed by atoms with Crippen LogP contribution in [0.4, 0.5) is 0 Å². The van der Waals surface area contributed by atoms with E-state index in [1.165, 1.54) is 12.8 Å². The molecule has 1 N–H and O–H groups in total. The van der Waals surface area contributed by atoms with Crippen LogP contribution in [0, 0.1) is 0 Å². The van der Waals surface area contributed by atoms with Crippen molar-refractivity contribution in [1.29, 1.82) is 0 Å². The summed E-state index contributed by atoms with van der Waals surface area (Å²) >= 11 is 0. The second kappa shape index (κ2) is 7.65. The van der Waals surface area contributed by atoms with Crippen molar-refractivity contribution in [2.24, 2.45) is 0 Å². The molecule has 1 heterocycles. The van der Waals surface area contributed by atoms with Crippen LogP contribution in [0.25, 0.3) is 0 Å². The van der Waals surface area contributed by atoms with Crippen molar-refractivity contribution >= 4 is 11.8 Å². The molecule has 4 heteroatoms. The Labute approximate surface area is 123 Å². The maximum absolute atomic E-state index is 12.9. The van der Waals surface area contributed by atoms with Gasteiger partial charge in [0.25, 0.3) is 0 Å². The topological polar surface area (TPSA) is 49.4 Å². The maximum Gasteiger partial charge on any atom is 0.248 e. The molecule has 1 fully saturated rings. The molecule has 0 radical (unpaired) electrons. The van der Waals surface area contributed by atoms with Crippen molar-refractivity contribution in [3.8, 4) is 0 Å². The Balaban J connectivity index is 2.84. The molecular formula is C16H30N2O2. The van der Waals surface area contributed by atoms with E-state index in [2.05, 4.69) is 19.2 Å². The van der Waals surface area contributed by atoms with Crippen molar-refractivity contribution in [2.45, 2.75) is 84.2 Å². The molecule has 1 aliphatic rings. The molecular weight excluding hydrogens is 252 g/mol. The summed E-state index contributed by atoms with van der Waals surface area (Å²) in [6.07, 6.45) is 6.31. The number of amides is 2. The van der Waals surface area contributed by atoms with Crippen LogP contribution in [0.5, 0.6) is 0 Å². The van der Waals surface area contributed by atoms with Crippen LogP contribution < -0.4 is 5.32 Å². The van der Waals surface area contributed by atoms with Gasteiger partial charge in [-0.05, 0) is 26.2 Å². The molecule has 20 heavy (non-hydrogen) atoms. The Kier molecular flexibility index (Phi) is 6.50. The van der Waals surface area contributed by atoms with Gasteiger partial charge in [0.2, 0.25) is 11.8 Å². The van der Waals surface area contributed by atoms with Gasteiger partial charge in [-0.3, -0.25) is 9.59 Å². The van der Waals surface area contributed by atoms with Gasteiger partial charge in [0, 0.05) is 19.0 Å². The van der Waals surface area contributed by atoms with E-state index in [-0.39, 0.29) is 17.9 Å². The van der Waals surface area contributed by atoms with Crippen molar-refractivity contribution < 1.29 is 9.59 Å². The number of rotatable bonds is 7. The van der Waals surface area contributed by atoms with E-state index in [4.69, 9.17) is 0 Å². The van der Waals surface area contributed by atoms with Crippen LogP contribution in [-0.4, -0.2) is 34.8 Å². The first-order valence-corrected chi connectivity index (χ1v) is 8.12. The summed E-state index contributed by atoms with van der Waals surface area (Å²) in [4.78, 5) is 26.7. The number of unbranched alkanes of at least 4 members (excludes halogenated alkanes) is 2. The van der Waals surface area contributed by atoms with Crippen molar-refractivity contribution in [2.75, 3.05) is 6.54 Å². The Morgan fingerprint density at radius 3 is 2.40 bits per heavy atom. The molecule has 0 aliphatic carbocycles. The molecule has 116 valence electrons. The zero-order chi connectivity index (χ0) is 15.2. The molecule has 0 aromatic rings. The Morgan fingerprint density at radius 1 is 1.20 bits per heavy atom. The van der Waals surface area contributed by atoms with Gasteiger partial charge in [-0.15, -0.1) is 0 Å². The lowest BCUT2D eigenvalue weighted by molar-refractivity contribution is -0.141. The second-order valence-corrected chi connectivity index (χ2v) is 5.93. The van der Waals surface area contributed by atoms with Crippen molar-refractivity contribution in [1.82, 2.24) is 10.2 Å². The number of carbonyl (C=O) groups is 2. The van der Waals surface area contributed by atoms with Gasteiger partial charge in [0.05, 0.1) is 0 Å². The van der Waals surface area contributed by atoms with E-state index in [9.17, 15) is 9.59 Å². The minimum Gasteiger partial charge on any atom is -0.342 e. The quantitative estimate of drug-likeness (QED) is 0.730. The first-order chi connectivity index (χ1) is 9.50. The lowest BCUT2D eigenvalue weighted by Crippen LogP contribution is -2.57. The number of hydrogen-bond acceptors (Lipinski definition) is 2. The monoisotopic (exact) mass is 282 g/mol. The van der Waals surface area contributed by atoms with E-state index in [1.54, 1.807) is 0 Å². The predicted molar refractivity (Wildman–Crippen MR) is 81.4 cm³/mol. The number of hydrogen-bond donors (Lipinski definition) is 1. The molecule has 2 amide bonds. The molecule has 4 nitrogen and oxygen atoms in total. The average Bonchev–Trinajstić information content (AvgIpc) is 2.56. The highest BCUT2D eigenvalue weighted by atomic mass is 16.2. The Morgan fingerprint density at radius 2 is 1.85 bits per heavy atom. The van der Waals surface area contributed by atoms with E-state index < -0.39 is 5.54 Å². The third-order valence-corrected chi connectivity index (χ3v) is 4.59. The van der Waals surface area contributed by atoms with E-state index in [0.29, 0.717) is 25.8 Å². The maximum atomic E-state index is 12.9. The highest BCUT2D eigenvalue weighted by molar-refractivity contribution is 5.93. The highest BCUT2D eigenvalue weighted by Gasteiger charge is 2.42. The molecule has 0 spiro atoms. The van der Waals surface area contributed by atoms with Crippen molar-refractivity contribution in [3.05, 3.63) is 0 Å². The van der Waals surface area contributed by atoms with Crippen LogP contribution >= 0.6 is 0 Å². The summed E-state index contributed by atoms with van der Waals surface area (Å²) in [7, 11) is 0. The lowest BCUT2D eigenvalue weighted by atomic mass is 9.90. The van der Waals surface area contributed by atoms with Gasteiger partial charge in [0.15, 0.2) is 0 Å². The predicted octanol–water partition coefficient (Wildman–Crippen LogP) is 2.86. The summed E-state index contributed by atoms with van der Waals surface area (Å²) in [5.41, 5.74) is -0.688. The molecule has 0 saturated carbocycles. The molecule has 1 atom stereocenters. The Hall–Kier alpha value is -1.06. The second-order valence-electron chi connectivity index (χ2n) is 5.93. The van der Waals surface area contributed by atoms with Gasteiger partial charge in [-0.25, -0.2) is 0 Å². The van der Waals surface area contributed by atoms with Crippen LogP contribution in [0.1, 0.15) is 72.6 Å². The number of nitrogens with one attached hydrogen (secondary N) is 1. The fraction of sp³-hybridized carbons (Fsp3) is 0.875. The zero-order valence-corrected chi connectivity index (χ0v) is 13.5. The first-order valence-electron chi connectivity index (χ1n) is 8.12. The normalized spacial score (nSPS) is 20.5. The molecule has 1 unspecified atom stereocenters. The third-order valence-electron chi connectivity index (χ3n) is 4.59. The first kappa shape index (κ1) is 17.0. The fourth-order valence-electron chi connectivity index (χ4n) is 2.98. The van der Waals surface area contributed by atoms with Crippen molar-refractivity contribution in [3.63, 3.8) is 0 Å². The molecule has 1 rings (SSSR count). The molecule has 1 aliphatic heterocycles.